The second-order valence-electron chi connectivity index (χ2n) is 6.47. The van der Waals surface area contributed by atoms with Gasteiger partial charge in [0.1, 0.15) is 5.82 Å². The van der Waals surface area contributed by atoms with Crippen LogP contribution in [0.15, 0.2) is 24.3 Å². The molecule has 0 aromatic heterocycles. The third-order valence-corrected chi connectivity index (χ3v) is 4.57. The second kappa shape index (κ2) is 7.03. The van der Waals surface area contributed by atoms with Crippen molar-refractivity contribution in [1.29, 1.82) is 0 Å². The van der Waals surface area contributed by atoms with Gasteiger partial charge in [0.25, 0.3) is 11.8 Å². The number of hydrogen-bond acceptors (Lipinski definition) is 3. The molecule has 1 aromatic carbocycles. The van der Waals surface area contributed by atoms with Crippen molar-refractivity contribution in [2.75, 3.05) is 32.7 Å². The van der Waals surface area contributed by atoms with Crippen LogP contribution in [0.2, 0.25) is 0 Å². The van der Waals surface area contributed by atoms with Crippen LogP contribution in [0.1, 0.15) is 23.2 Å². The highest BCUT2D eigenvalue weighted by Gasteiger charge is 2.43. The Morgan fingerprint density at radius 3 is 2.52 bits per heavy atom. The topological polar surface area (TPSA) is 52.7 Å². The second-order valence-corrected chi connectivity index (χ2v) is 6.47. The zero-order chi connectivity index (χ0) is 18.0. The summed E-state index contributed by atoms with van der Waals surface area (Å²) in [5.74, 6) is -3.98. The van der Waals surface area contributed by atoms with Crippen molar-refractivity contribution < 1.29 is 22.8 Å². The predicted molar refractivity (Wildman–Crippen MR) is 84.9 cm³/mol. The summed E-state index contributed by atoms with van der Waals surface area (Å²) < 4.78 is 39.8. The van der Waals surface area contributed by atoms with Crippen molar-refractivity contribution in [2.24, 2.45) is 0 Å². The van der Waals surface area contributed by atoms with E-state index in [1.165, 1.54) is 23.1 Å². The number of hydrogen-bond donors (Lipinski definition) is 1. The molecule has 8 heteroatoms. The first-order valence-corrected chi connectivity index (χ1v) is 8.30. The molecule has 1 unspecified atom stereocenters. The largest absolute Gasteiger partial charge is 0.339 e. The molecule has 2 aliphatic heterocycles. The summed E-state index contributed by atoms with van der Waals surface area (Å²) in [5, 5.41) is 2.57. The number of alkyl halides is 2. The number of nitrogens with zero attached hydrogens (tertiary/aromatic N) is 2. The van der Waals surface area contributed by atoms with Crippen LogP contribution in [0.5, 0.6) is 0 Å². The smallest absolute Gasteiger partial charge is 0.262 e. The van der Waals surface area contributed by atoms with Gasteiger partial charge in [-0.25, -0.2) is 13.2 Å². The van der Waals surface area contributed by atoms with E-state index >= 15 is 0 Å². The van der Waals surface area contributed by atoms with Gasteiger partial charge in [0.2, 0.25) is 5.91 Å². The lowest BCUT2D eigenvalue weighted by atomic mass is 10.1. The van der Waals surface area contributed by atoms with E-state index < -0.39 is 30.7 Å². The molecule has 1 atom stereocenters. The first kappa shape index (κ1) is 17.7. The van der Waals surface area contributed by atoms with Crippen molar-refractivity contribution in [3.05, 3.63) is 35.6 Å². The highest BCUT2D eigenvalue weighted by Crippen LogP contribution is 2.26. The van der Waals surface area contributed by atoms with Crippen LogP contribution >= 0.6 is 0 Å². The van der Waals surface area contributed by atoms with Crippen molar-refractivity contribution in [1.82, 2.24) is 15.1 Å². The van der Waals surface area contributed by atoms with Gasteiger partial charge < -0.3 is 9.80 Å². The molecule has 136 valence electrons. The molecule has 3 rings (SSSR count). The number of carbonyl (C=O) groups is 2. The molecule has 5 nitrogen and oxygen atoms in total. The zero-order valence-electron chi connectivity index (χ0n) is 13.7. The van der Waals surface area contributed by atoms with E-state index in [1.807, 2.05) is 0 Å². The Kier molecular flexibility index (Phi) is 4.99. The Morgan fingerprint density at radius 1 is 1.12 bits per heavy atom. The van der Waals surface area contributed by atoms with Gasteiger partial charge in [0, 0.05) is 38.2 Å². The van der Waals surface area contributed by atoms with E-state index in [0.29, 0.717) is 26.1 Å². The Bertz CT molecular complexity index is 668. The summed E-state index contributed by atoms with van der Waals surface area (Å²) in [5.41, 5.74) is 0.261. The summed E-state index contributed by atoms with van der Waals surface area (Å²) in [4.78, 5) is 28.0. The fourth-order valence-electron chi connectivity index (χ4n) is 3.26. The standard InChI is InChI=1S/C17H20F3N3O2/c18-13-4-1-3-12(9-13)15(24)22-5-2-6-23(8-7-22)16(25)14-10-17(19,20)11-21-14/h1,3-4,9,14,21H,2,5-8,10-11H2. The molecule has 1 aromatic rings. The molecule has 0 radical (unpaired) electrons. The van der Waals surface area contributed by atoms with Gasteiger partial charge in [-0.05, 0) is 24.6 Å². The molecule has 0 spiro atoms. The van der Waals surface area contributed by atoms with Crippen LogP contribution in [0.4, 0.5) is 13.2 Å². The normalized spacial score (nSPS) is 23.4. The molecule has 2 saturated heterocycles. The monoisotopic (exact) mass is 355 g/mol. The fraction of sp³-hybridized carbons (Fsp3) is 0.529. The number of rotatable bonds is 2. The van der Waals surface area contributed by atoms with Gasteiger partial charge in [0.15, 0.2) is 0 Å². The molecule has 0 saturated carbocycles. The van der Waals surface area contributed by atoms with Gasteiger partial charge in [0.05, 0.1) is 12.6 Å². The average molecular weight is 355 g/mol. The Hall–Kier alpha value is -2.09. The summed E-state index contributed by atoms with van der Waals surface area (Å²) >= 11 is 0. The Morgan fingerprint density at radius 2 is 1.84 bits per heavy atom. The molecule has 2 fully saturated rings. The van der Waals surface area contributed by atoms with E-state index in [1.54, 1.807) is 11.0 Å². The lowest BCUT2D eigenvalue weighted by molar-refractivity contribution is -0.133. The highest BCUT2D eigenvalue weighted by atomic mass is 19.3. The first-order valence-electron chi connectivity index (χ1n) is 8.30. The van der Waals surface area contributed by atoms with Gasteiger partial charge in [-0.2, -0.15) is 0 Å². The minimum Gasteiger partial charge on any atom is -0.339 e. The molecule has 2 amide bonds. The number of amides is 2. The van der Waals surface area contributed by atoms with Crippen LogP contribution < -0.4 is 5.32 Å². The van der Waals surface area contributed by atoms with Crippen LogP contribution in [0.25, 0.3) is 0 Å². The zero-order valence-corrected chi connectivity index (χ0v) is 13.7. The van der Waals surface area contributed by atoms with E-state index in [4.69, 9.17) is 0 Å². The summed E-state index contributed by atoms with van der Waals surface area (Å²) in [6.07, 6.45) is 0.0597. The van der Waals surface area contributed by atoms with Gasteiger partial charge in [-0.3, -0.25) is 14.9 Å². The third-order valence-electron chi connectivity index (χ3n) is 4.57. The number of benzene rings is 1. The summed E-state index contributed by atoms with van der Waals surface area (Å²) in [6.45, 7) is 0.943. The molecule has 2 aliphatic rings. The number of halogens is 3. The van der Waals surface area contributed by atoms with E-state index in [2.05, 4.69) is 5.32 Å². The highest BCUT2D eigenvalue weighted by molar-refractivity contribution is 5.94. The van der Waals surface area contributed by atoms with Crippen molar-refractivity contribution in [3.8, 4) is 0 Å². The maximum absolute atomic E-state index is 13.3. The average Bonchev–Trinajstić information content (AvgIpc) is 2.80. The van der Waals surface area contributed by atoms with E-state index in [0.717, 1.165) is 0 Å². The van der Waals surface area contributed by atoms with Crippen LogP contribution in [0.3, 0.4) is 0 Å². The fourth-order valence-corrected chi connectivity index (χ4v) is 3.26. The Balaban J connectivity index is 1.61. The third kappa shape index (κ3) is 4.12. The quantitative estimate of drug-likeness (QED) is 0.875. The summed E-state index contributed by atoms with van der Waals surface area (Å²) in [6, 6.07) is 4.59. The van der Waals surface area contributed by atoms with Gasteiger partial charge in [-0.15, -0.1) is 0 Å². The molecule has 0 bridgehead atoms. The molecule has 0 aliphatic carbocycles. The molecule has 25 heavy (non-hydrogen) atoms. The lowest BCUT2D eigenvalue weighted by Crippen LogP contribution is -2.45. The maximum Gasteiger partial charge on any atom is 0.262 e. The van der Waals surface area contributed by atoms with Crippen LogP contribution in [-0.2, 0) is 4.79 Å². The summed E-state index contributed by atoms with van der Waals surface area (Å²) in [7, 11) is 0. The molecule has 1 N–H and O–H groups in total. The van der Waals surface area contributed by atoms with Crippen molar-refractivity contribution >= 4 is 11.8 Å². The van der Waals surface area contributed by atoms with Crippen LogP contribution in [0, 0.1) is 5.82 Å². The first-order chi connectivity index (χ1) is 11.9. The number of carbonyl (C=O) groups excluding carboxylic acids is 2. The lowest BCUT2D eigenvalue weighted by Gasteiger charge is -2.24. The van der Waals surface area contributed by atoms with E-state index in [-0.39, 0.29) is 23.9 Å². The predicted octanol–water partition coefficient (Wildman–Crippen LogP) is 1.50. The molecular weight excluding hydrogens is 335 g/mol. The van der Waals surface area contributed by atoms with Gasteiger partial charge >= 0.3 is 0 Å². The van der Waals surface area contributed by atoms with E-state index in [9.17, 15) is 22.8 Å². The van der Waals surface area contributed by atoms with Crippen molar-refractivity contribution in [3.63, 3.8) is 0 Å². The maximum atomic E-state index is 13.3. The minimum absolute atomic E-state index is 0.261. The SMILES string of the molecule is O=C(c1cccc(F)c1)N1CCCN(C(=O)C2CC(F)(F)CN2)CC1. The Labute approximate surface area is 143 Å². The molecular formula is C17H20F3N3O2. The molecule has 2 heterocycles. The number of nitrogens with one attached hydrogen (secondary N) is 1. The minimum atomic E-state index is -2.86. The van der Waals surface area contributed by atoms with Gasteiger partial charge in [-0.1, -0.05) is 6.07 Å². The van der Waals surface area contributed by atoms with Crippen molar-refractivity contribution in [2.45, 2.75) is 24.8 Å². The van der Waals surface area contributed by atoms with Crippen LogP contribution in [-0.4, -0.2) is 66.3 Å².